The van der Waals surface area contributed by atoms with E-state index in [-0.39, 0.29) is 24.1 Å². The first-order valence-electron chi connectivity index (χ1n) is 9.53. The van der Waals surface area contributed by atoms with Crippen molar-refractivity contribution in [2.45, 2.75) is 26.6 Å². The van der Waals surface area contributed by atoms with Crippen LogP contribution in [0.2, 0.25) is 10.0 Å². The second-order valence-electron chi connectivity index (χ2n) is 6.84. The largest absolute Gasteiger partial charge is 0.489 e. The number of aromatic nitrogens is 1. The third-order valence-electron chi connectivity index (χ3n) is 4.53. The van der Waals surface area contributed by atoms with Crippen LogP contribution in [0.3, 0.4) is 0 Å². The summed E-state index contributed by atoms with van der Waals surface area (Å²) in [5.74, 6) is 1.38. The third kappa shape index (κ3) is 6.13. The number of aliphatic hydroxyl groups is 1. The molecule has 1 heterocycles. The van der Waals surface area contributed by atoms with E-state index in [1.165, 1.54) is 0 Å². The van der Waals surface area contributed by atoms with Crippen LogP contribution in [0.15, 0.2) is 47.0 Å². The molecule has 2 aromatic carbocycles. The van der Waals surface area contributed by atoms with Crippen molar-refractivity contribution in [3.8, 4) is 11.5 Å². The van der Waals surface area contributed by atoms with Gasteiger partial charge in [-0.1, -0.05) is 34.4 Å². The quantitative estimate of drug-likeness (QED) is 0.488. The van der Waals surface area contributed by atoms with Gasteiger partial charge in [-0.05, 0) is 50.2 Å². The van der Waals surface area contributed by atoms with Gasteiger partial charge in [-0.15, -0.1) is 0 Å². The SMILES string of the molecule is Cc1noc(C)c1COc1ccc(C(=O)NCC(O)COc2cccc(Cl)c2Cl)cc1. The zero-order valence-electron chi connectivity index (χ0n) is 17.0. The molecule has 3 aromatic rings. The first-order valence-corrected chi connectivity index (χ1v) is 10.3. The predicted molar refractivity (Wildman–Crippen MR) is 117 cm³/mol. The van der Waals surface area contributed by atoms with E-state index in [2.05, 4.69) is 10.5 Å². The minimum atomic E-state index is -0.920. The van der Waals surface area contributed by atoms with E-state index in [0.29, 0.717) is 34.5 Å². The first kappa shape index (κ1) is 22.9. The molecule has 1 unspecified atom stereocenters. The Hall–Kier alpha value is -2.74. The highest BCUT2D eigenvalue weighted by Crippen LogP contribution is 2.31. The standard InChI is InChI=1S/C22H22Cl2N2O5/c1-13-18(14(2)31-26-13)12-29-17-8-6-15(7-9-17)22(28)25-10-16(27)11-30-20-5-3-4-19(23)21(20)24/h3-9,16,27H,10-12H2,1-2H3,(H,25,28). The molecule has 3 rings (SSSR count). The van der Waals surface area contributed by atoms with Crippen LogP contribution in [-0.2, 0) is 6.61 Å². The van der Waals surface area contributed by atoms with Crippen LogP contribution in [0.1, 0.15) is 27.4 Å². The van der Waals surface area contributed by atoms with E-state index in [4.69, 9.17) is 37.2 Å². The molecule has 0 aliphatic heterocycles. The molecule has 0 saturated carbocycles. The van der Waals surface area contributed by atoms with E-state index < -0.39 is 6.10 Å². The molecule has 7 nitrogen and oxygen atoms in total. The second kappa shape index (κ2) is 10.5. The molecule has 0 saturated heterocycles. The molecule has 1 amide bonds. The molecule has 0 bridgehead atoms. The number of halogens is 2. The minimum absolute atomic E-state index is 0.0152. The van der Waals surface area contributed by atoms with Gasteiger partial charge in [0.2, 0.25) is 0 Å². The minimum Gasteiger partial charge on any atom is -0.489 e. The fraction of sp³-hybridized carbons (Fsp3) is 0.273. The zero-order chi connectivity index (χ0) is 22.4. The molecule has 0 fully saturated rings. The average Bonchev–Trinajstić information content (AvgIpc) is 3.09. The summed E-state index contributed by atoms with van der Waals surface area (Å²) in [5, 5.41) is 17.3. The highest BCUT2D eigenvalue weighted by Gasteiger charge is 2.13. The predicted octanol–water partition coefficient (Wildman–Crippen LogP) is 4.35. The Labute approximate surface area is 189 Å². The monoisotopic (exact) mass is 464 g/mol. The molecular weight excluding hydrogens is 443 g/mol. The summed E-state index contributed by atoms with van der Waals surface area (Å²) in [7, 11) is 0. The van der Waals surface area contributed by atoms with Crippen molar-refractivity contribution in [1.82, 2.24) is 10.5 Å². The maximum absolute atomic E-state index is 12.3. The molecular formula is C22H22Cl2N2O5. The van der Waals surface area contributed by atoms with Crippen molar-refractivity contribution < 1.29 is 23.9 Å². The van der Waals surface area contributed by atoms with Crippen LogP contribution in [0.4, 0.5) is 0 Å². The van der Waals surface area contributed by atoms with Crippen LogP contribution in [0.25, 0.3) is 0 Å². The van der Waals surface area contributed by atoms with Gasteiger partial charge in [0.1, 0.15) is 41.6 Å². The molecule has 0 aliphatic rings. The summed E-state index contributed by atoms with van der Waals surface area (Å²) in [4.78, 5) is 12.3. The fourth-order valence-electron chi connectivity index (χ4n) is 2.72. The van der Waals surface area contributed by atoms with Crippen molar-refractivity contribution >= 4 is 29.1 Å². The van der Waals surface area contributed by atoms with Crippen LogP contribution < -0.4 is 14.8 Å². The number of amides is 1. The summed E-state index contributed by atoms with van der Waals surface area (Å²) >= 11 is 12.0. The number of ether oxygens (including phenoxy) is 2. The molecule has 0 aliphatic carbocycles. The maximum Gasteiger partial charge on any atom is 0.251 e. The van der Waals surface area contributed by atoms with Crippen LogP contribution in [-0.4, -0.2) is 35.4 Å². The van der Waals surface area contributed by atoms with Gasteiger partial charge in [0, 0.05) is 12.1 Å². The van der Waals surface area contributed by atoms with E-state index in [9.17, 15) is 9.90 Å². The number of hydrogen-bond acceptors (Lipinski definition) is 6. The highest BCUT2D eigenvalue weighted by atomic mass is 35.5. The lowest BCUT2D eigenvalue weighted by molar-refractivity contribution is 0.0844. The number of rotatable bonds is 9. The number of benzene rings is 2. The summed E-state index contributed by atoms with van der Waals surface area (Å²) < 4.78 is 16.3. The van der Waals surface area contributed by atoms with Gasteiger partial charge in [0.15, 0.2) is 0 Å². The number of carbonyl (C=O) groups is 1. The Morgan fingerprint density at radius 1 is 1.16 bits per heavy atom. The summed E-state index contributed by atoms with van der Waals surface area (Å²) in [5.41, 5.74) is 2.13. The Morgan fingerprint density at radius 2 is 1.90 bits per heavy atom. The summed E-state index contributed by atoms with van der Waals surface area (Å²) in [6, 6.07) is 11.7. The Balaban J connectivity index is 1.45. The lowest BCUT2D eigenvalue weighted by Gasteiger charge is -2.14. The first-order chi connectivity index (χ1) is 14.8. The molecule has 1 atom stereocenters. The molecule has 0 spiro atoms. The van der Waals surface area contributed by atoms with E-state index >= 15 is 0 Å². The third-order valence-corrected chi connectivity index (χ3v) is 5.33. The average molecular weight is 465 g/mol. The Bertz CT molecular complexity index is 1020. The maximum atomic E-state index is 12.3. The lowest BCUT2D eigenvalue weighted by atomic mass is 10.2. The van der Waals surface area contributed by atoms with Gasteiger partial charge in [0.25, 0.3) is 5.91 Å². The topological polar surface area (TPSA) is 93.8 Å². The van der Waals surface area contributed by atoms with Gasteiger partial charge < -0.3 is 24.4 Å². The number of nitrogens with zero attached hydrogens (tertiary/aromatic N) is 1. The molecule has 9 heteroatoms. The Kier molecular flexibility index (Phi) is 7.79. The summed E-state index contributed by atoms with van der Waals surface area (Å²) in [6.45, 7) is 3.98. The van der Waals surface area contributed by atoms with Crippen molar-refractivity contribution in [3.05, 3.63) is 75.1 Å². The number of aryl methyl sites for hydroxylation is 2. The number of carbonyl (C=O) groups excluding carboxylic acids is 1. The van der Waals surface area contributed by atoms with Crippen molar-refractivity contribution in [2.75, 3.05) is 13.2 Å². The smallest absolute Gasteiger partial charge is 0.251 e. The van der Waals surface area contributed by atoms with Gasteiger partial charge >= 0.3 is 0 Å². The van der Waals surface area contributed by atoms with Crippen LogP contribution in [0, 0.1) is 13.8 Å². The number of hydrogen-bond donors (Lipinski definition) is 2. The highest BCUT2D eigenvalue weighted by molar-refractivity contribution is 6.42. The summed E-state index contributed by atoms with van der Waals surface area (Å²) in [6.07, 6.45) is -0.920. The molecule has 2 N–H and O–H groups in total. The normalized spacial score (nSPS) is 11.8. The second-order valence-corrected chi connectivity index (χ2v) is 7.63. The van der Waals surface area contributed by atoms with Gasteiger partial charge in [-0.25, -0.2) is 0 Å². The van der Waals surface area contributed by atoms with Crippen LogP contribution in [0.5, 0.6) is 11.5 Å². The number of nitrogens with one attached hydrogen (secondary N) is 1. The molecule has 164 valence electrons. The van der Waals surface area contributed by atoms with Gasteiger partial charge in [-0.3, -0.25) is 4.79 Å². The van der Waals surface area contributed by atoms with Gasteiger partial charge in [0.05, 0.1) is 16.3 Å². The van der Waals surface area contributed by atoms with E-state index in [1.807, 2.05) is 13.8 Å². The van der Waals surface area contributed by atoms with Crippen molar-refractivity contribution in [1.29, 1.82) is 0 Å². The van der Waals surface area contributed by atoms with Gasteiger partial charge in [-0.2, -0.15) is 0 Å². The fourth-order valence-corrected chi connectivity index (χ4v) is 3.07. The van der Waals surface area contributed by atoms with Crippen LogP contribution >= 0.6 is 23.2 Å². The molecule has 0 radical (unpaired) electrons. The molecule has 31 heavy (non-hydrogen) atoms. The Morgan fingerprint density at radius 3 is 2.58 bits per heavy atom. The van der Waals surface area contributed by atoms with E-state index in [1.54, 1.807) is 42.5 Å². The molecule has 1 aromatic heterocycles. The van der Waals surface area contributed by atoms with E-state index in [0.717, 1.165) is 11.3 Å². The van der Waals surface area contributed by atoms with Crippen molar-refractivity contribution in [3.63, 3.8) is 0 Å². The zero-order valence-corrected chi connectivity index (χ0v) is 18.5. The van der Waals surface area contributed by atoms with Crippen molar-refractivity contribution in [2.24, 2.45) is 0 Å². The lowest BCUT2D eigenvalue weighted by Crippen LogP contribution is -2.35. The number of aliphatic hydroxyl groups excluding tert-OH is 1.